The Morgan fingerprint density at radius 3 is 2.65 bits per heavy atom. The lowest BCUT2D eigenvalue weighted by Gasteiger charge is -2.21. The first-order valence-electron chi connectivity index (χ1n) is 9.11. The van der Waals surface area contributed by atoms with Crippen molar-refractivity contribution in [1.29, 1.82) is 0 Å². The molecule has 7 heteroatoms. The van der Waals surface area contributed by atoms with E-state index in [0.29, 0.717) is 13.0 Å². The molecular formula is C19H30N4O3. The number of nitrogens with zero attached hydrogens (tertiary/aromatic N) is 2. The van der Waals surface area contributed by atoms with Gasteiger partial charge in [0.2, 0.25) is 5.91 Å². The molecule has 1 saturated heterocycles. The molecule has 0 radical (unpaired) electrons. The van der Waals surface area contributed by atoms with Crippen molar-refractivity contribution < 1.29 is 14.3 Å². The van der Waals surface area contributed by atoms with Crippen molar-refractivity contribution in [3.8, 4) is 11.5 Å². The third-order valence-corrected chi connectivity index (χ3v) is 4.36. The third kappa shape index (κ3) is 5.82. The van der Waals surface area contributed by atoms with Crippen LogP contribution in [0.1, 0.15) is 26.7 Å². The van der Waals surface area contributed by atoms with Crippen LogP contribution >= 0.6 is 0 Å². The van der Waals surface area contributed by atoms with E-state index in [1.807, 2.05) is 43.0 Å². The minimum Gasteiger partial charge on any atom is -0.497 e. The quantitative estimate of drug-likeness (QED) is 0.570. The smallest absolute Gasteiger partial charge is 0.222 e. The molecule has 0 spiro atoms. The Morgan fingerprint density at radius 2 is 2.04 bits per heavy atom. The van der Waals surface area contributed by atoms with Gasteiger partial charge in [-0.05, 0) is 37.6 Å². The minimum absolute atomic E-state index is 0.0244. The molecule has 2 rings (SSSR count). The number of ether oxygens (including phenoxy) is 2. The second-order valence-corrected chi connectivity index (χ2v) is 6.38. The van der Waals surface area contributed by atoms with Crippen LogP contribution in [0.4, 0.5) is 0 Å². The van der Waals surface area contributed by atoms with Gasteiger partial charge in [0, 0.05) is 32.6 Å². The van der Waals surface area contributed by atoms with E-state index < -0.39 is 0 Å². The summed E-state index contributed by atoms with van der Waals surface area (Å²) < 4.78 is 11.0. The van der Waals surface area contributed by atoms with Crippen LogP contribution in [-0.4, -0.2) is 62.7 Å². The summed E-state index contributed by atoms with van der Waals surface area (Å²) in [5, 5.41) is 6.66. The summed E-state index contributed by atoms with van der Waals surface area (Å²) in [6.45, 7) is 6.05. The van der Waals surface area contributed by atoms with E-state index in [1.54, 1.807) is 14.2 Å². The largest absolute Gasteiger partial charge is 0.497 e. The SMILES string of the molecule is CCC(=O)N1CCC(NC(=NC)NCC(C)Oc2ccc(OC)cc2)C1. The van der Waals surface area contributed by atoms with Crippen LogP contribution in [0, 0.1) is 0 Å². The first-order chi connectivity index (χ1) is 12.5. The van der Waals surface area contributed by atoms with Gasteiger partial charge >= 0.3 is 0 Å². The van der Waals surface area contributed by atoms with E-state index in [1.165, 1.54) is 0 Å². The number of carbonyl (C=O) groups is 1. The standard InChI is InChI=1S/C19H30N4O3/c1-5-18(24)23-11-10-15(13-23)22-19(20-3)21-12-14(2)26-17-8-6-16(25-4)7-9-17/h6-9,14-15H,5,10-13H2,1-4H3,(H2,20,21,22). The molecule has 1 aliphatic rings. The molecule has 1 amide bonds. The van der Waals surface area contributed by atoms with Gasteiger partial charge in [-0.1, -0.05) is 6.92 Å². The number of benzene rings is 1. The van der Waals surface area contributed by atoms with Crippen LogP contribution in [0.3, 0.4) is 0 Å². The molecule has 1 fully saturated rings. The maximum Gasteiger partial charge on any atom is 0.222 e. The highest BCUT2D eigenvalue weighted by Gasteiger charge is 2.25. The van der Waals surface area contributed by atoms with Gasteiger partial charge < -0.3 is 25.0 Å². The number of amides is 1. The van der Waals surface area contributed by atoms with Crippen molar-refractivity contribution in [1.82, 2.24) is 15.5 Å². The molecule has 144 valence electrons. The molecule has 1 aromatic rings. The van der Waals surface area contributed by atoms with Crippen LogP contribution in [0.2, 0.25) is 0 Å². The summed E-state index contributed by atoms with van der Waals surface area (Å²) in [7, 11) is 3.39. The average Bonchev–Trinajstić information content (AvgIpc) is 3.13. The lowest BCUT2D eigenvalue weighted by atomic mass is 10.3. The summed E-state index contributed by atoms with van der Waals surface area (Å²) in [6.07, 6.45) is 1.47. The monoisotopic (exact) mass is 362 g/mol. The molecule has 0 aliphatic carbocycles. The van der Waals surface area contributed by atoms with Gasteiger partial charge in [0.05, 0.1) is 13.7 Å². The van der Waals surface area contributed by atoms with Crippen LogP contribution in [0.25, 0.3) is 0 Å². The molecule has 0 bridgehead atoms. The molecule has 26 heavy (non-hydrogen) atoms. The minimum atomic E-state index is -0.0244. The maximum absolute atomic E-state index is 11.8. The van der Waals surface area contributed by atoms with Gasteiger partial charge in [-0.25, -0.2) is 0 Å². The number of nitrogens with one attached hydrogen (secondary N) is 2. The Bertz CT molecular complexity index is 603. The second kappa shape index (κ2) is 9.89. The number of aliphatic imine (C=N–C) groups is 1. The number of hydrogen-bond acceptors (Lipinski definition) is 4. The lowest BCUT2D eigenvalue weighted by Crippen LogP contribution is -2.47. The van der Waals surface area contributed by atoms with Crippen LogP contribution in [0.5, 0.6) is 11.5 Å². The van der Waals surface area contributed by atoms with E-state index in [2.05, 4.69) is 15.6 Å². The molecule has 1 aliphatic heterocycles. The zero-order chi connectivity index (χ0) is 18.9. The predicted octanol–water partition coefficient (Wildman–Crippen LogP) is 1.64. The number of carbonyl (C=O) groups excluding carboxylic acids is 1. The fourth-order valence-corrected chi connectivity index (χ4v) is 2.88. The Morgan fingerprint density at radius 1 is 1.35 bits per heavy atom. The summed E-state index contributed by atoms with van der Waals surface area (Å²) in [5.74, 6) is 2.54. The van der Waals surface area contributed by atoms with Gasteiger partial charge in [0.25, 0.3) is 0 Å². The highest BCUT2D eigenvalue weighted by Crippen LogP contribution is 2.18. The van der Waals surface area contributed by atoms with Crippen molar-refractivity contribution in [3.63, 3.8) is 0 Å². The molecule has 1 aromatic carbocycles. The molecular weight excluding hydrogens is 332 g/mol. The van der Waals surface area contributed by atoms with E-state index in [-0.39, 0.29) is 18.1 Å². The van der Waals surface area contributed by atoms with Gasteiger partial charge in [-0.15, -0.1) is 0 Å². The topological polar surface area (TPSA) is 75.2 Å². The van der Waals surface area contributed by atoms with Crippen molar-refractivity contribution >= 4 is 11.9 Å². The second-order valence-electron chi connectivity index (χ2n) is 6.38. The molecule has 2 unspecified atom stereocenters. The highest BCUT2D eigenvalue weighted by atomic mass is 16.5. The fraction of sp³-hybridized carbons (Fsp3) is 0.579. The summed E-state index contributed by atoms with van der Waals surface area (Å²) in [6, 6.07) is 7.76. The Labute approximate surface area is 155 Å². The van der Waals surface area contributed by atoms with E-state index in [0.717, 1.165) is 37.0 Å². The van der Waals surface area contributed by atoms with Crippen LogP contribution in [-0.2, 0) is 4.79 Å². The van der Waals surface area contributed by atoms with Crippen LogP contribution < -0.4 is 20.1 Å². The molecule has 1 heterocycles. The number of hydrogen-bond donors (Lipinski definition) is 2. The Kier molecular flexibility index (Phi) is 7.56. The fourth-order valence-electron chi connectivity index (χ4n) is 2.88. The Hall–Kier alpha value is -2.44. The van der Waals surface area contributed by atoms with E-state index >= 15 is 0 Å². The van der Waals surface area contributed by atoms with E-state index in [4.69, 9.17) is 9.47 Å². The molecule has 7 nitrogen and oxygen atoms in total. The highest BCUT2D eigenvalue weighted by molar-refractivity contribution is 5.80. The number of rotatable bonds is 7. The lowest BCUT2D eigenvalue weighted by molar-refractivity contribution is -0.129. The van der Waals surface area contributed by atoms with Gasteiger partial charge in [-0.3, -0.25) is 9.79 Å². The summed E-state index contributed by atoms with van der Waals surface area (Å²) >= 11 is 0. The zero-order valence-corrected chi connectivity index (χ0v) is 16.1. The van der Waals surface area contributed by atoms with Crippen molar-refractivity contribution in [2.45, 2.75) is 38.8 Å². The maximum atomic E-state index is 11.8. The number of methoxy groups -OCH3 is 1. The number of guanidine groups is 1. The number of likely N-dealkylation sites (tertiary alicyclic amines) is 1. The summed E-state index contributed by atoms with van der Waals surface area (Å²) in [5.41, 5.74) is 0. The average molecular weight is 362 g/mol. The summed E-state index contributed by atoms with van der Waals surface area (Å²) in [4.78, 5) is 17.9. The first-order valence-corrected chi connectivity index (χ1v) is 9.11. The van der Waals surface area contributed by atoms with Gasteiger partial charge in [0.15, 0.2) is 5.96 Å². The van der Waals surface area contributed by atoms with Crippen molar-refractivity contribution in [2.24, 2.45) is 4.99 Å². The zero-order valence-electron chi connectivity index (χ0n) is 16.1. The molecule has 0 saturated carbocycles. The van der Waals surface area contributed by atoms with Crippen molar-refractivity contribution in [3.05, 3.63) is 24.3 Å². The first kappa shape index (κ1) is 19.9. The molecule has 2 N–H and O–H groups in total. The molecule has 2 atom stereocenters. The third-order valence-electron chi connectivity index (χ3n) is 4.36. The van der Waals surface area contributed by atoms with E-state index in [9.17, 15) is 4.79 Å². The predicted molar refractivity (Wildman–Crippen MR) is 103 cm³/mol. The van der Waals surface area contributed by atoms with Gasteiger partial charge in [0.1, 0.15) is 17.6 Å². The Balaban J connectivity index is 1.75. The molecule has 0 aromatic heterocycles. The van der Waals surface area contributed by atoms with Crippen molar-refractivity contribution in [2.75, 3.05) is 33.8 Å². The normalized spacial score (nSPS) is 18.4. The van der Waals surface area contributed by atoms with Gasteiger partial charge in [-0.2, -0.15) is 0 Å². The van der Waals surface area contributed by atoms with Crippen LogP contribution in [0.15, 0.2) is 29.3 Å².